The van der Waals surface area contributed by atoms with Crippen LogP contribution >= 0.6 is 11.6 Å². The van der Waals surface area contributed by atoms with Crippen LogP contribution in [0.3, 0.4) is 0 Å². The molecule has 35 heavy (non-hydrogen) atoms. The van der Waals surface area contributed by atoms with Crippen LogP contribution in [-0.2, 0) is 17.1 Å². The molecule has 3 aromatic rings. The summed E-state index contributed by atoms with van der Waals surface area (Å²) in [5.74, 6) is -0.688. The van der Waals surface area contributed by atoms with Crippen LogP contribution in [0.15, 0.2) is 47.5 Å². The fourth-order valence-corrected chi connectivity index (χ4v) is 4.96. The first-order valence-corrected chi connectivity index (χ1v) is 13.0. The van der Waals surface area contributed by atoms with Crippen molar-refractivity contribution in [1.29, 1.82) is 0 Å². The molecule has 1 aliphatic rings. The van der Waals surface area contributed by atoms with Crippen LogP contribution in [0, 0.1) is 0 Å². The lowest BCUT2D eigenvalue weighted by atomic mass is 9.89. The van der Waals surface area contributed by atoms with E-state index in [1.54, 1.807) is 37.5 Å². The van der Waals surface area contributed by atoms with Gasteiger partial charge in [-0.2, -0.15) is 14.9 Å². The summed E-state index contributed by atoms with van der Waals surface area (Å²) in [6, 6.07) is 8.19. The number of aliphatic hydroxyl groups is 1. The van der Waals surface area contributed by atoms with E-state index in [-0.39, 0.29) is 31.5 Å². The summed E-state index contributed by atoms with van der Waals surface area (Å²) in [7, 11) is -1.69. The molecule has 1 aromatic carbocycles. The topological polar surface area (TPSA) is 139 Å². The van der Waals surface area contributed by atoms with E-state index < -0.39 is 33.6 Å². The van der Waals surface area contributed by atoms with Gasteiger partial charge in [-0.3, -0.25) is 14.3 Å². The highest BCUT2D eigenvalue weighted by molar-refractivity contribution is 7.88. The molecule has 3 heterocycles. The predicted octanol–water partition coefficient (Wildman–Crippen LogP) is 0.803. The molecule has 1 fully saturated rings. The van der Waals surface area contributed by atoms with E-state index in [0.29, 0.717) is 22.0 Å². The summed E-state index contributed by atoms with van der Waals surface area (Å²) in [4.78, 5) is 26.7. The third-order valence-corrected chi connectivity index (χ3v) is 7.62. The zero-order valence-electron chi connectivity index (χ0n) is 19.2. The zero-order chi connectivity index (χ0) is 25.4. The predicted molar refractivity (Wildman–Crippen MR) is 130 cm³/mol. The van der Waals surface area contributed by atoms with Crippen molar-refractivity contribution in [3.63, 3.8) is 0 Å². The highest BCUT2D eigenvalue weighted by atomic mass is 35.5. The van der Waals surface area contributed by atoms with Gasteiger partial charge >= 0.3 is 0 Å². The van der Waals surface area contributed by atoms with Crippen LogP contribution in [-0.4, -0.2) is 74.8 Å². The number of amides is 1. The number of aliphatic hydroxyl groups excluding tert-OH is 1. The van der Waals surface area contributed by atoms with Gasteiger partial charge in [0.1, 0.15) is 11.3 Å². The van der Waals surface area contributed by atoms with Gasteiger partial charge in [-0.05, 0) is 31.0 Å². The second kappa shape index (κ2) is 9.53. The van der Waals surface area contributed by atoms with Gasteiger partial charge in [0.25, 0.3) is 11.5 Å². The van der Waals surface area contributed by atoms with Crippen molar-refractivity contribution in [1.82, 2.24) is 29.2 Å². The first kappa shape index (κ1) is 25.0. The lowest BCUT2D eigenvalue weighted by Crippen LogP contribution is -2.58. The Morgan fingerprint density at radius 3 is 2.43 bits per heavy atom. The van der Waals surface area contributed by atoms with Crippen molar-refractivity contribution in [2.75, 3.05) is 26.0 Å². The molecule has 186 valence electrons. The van der Waals surface area contributed by atoms with Crippen LogP contribution in [0.1, 0.15) is 23.2 Å². The highest BCUT2D eigenvalue weighted by Gasteiger charge is 2.38. The van der Waals surface area contributed by atoms with Crippen LogP contribution in [0.5, 0.6) is 0 Å². The molecular weight excluding hydrogens is 496 g/mol. The van der Waals surface area contributed by atoms with Gasteiger partial charge in [-0.15, -0.1) is 0 Å². The van der Waals surface area contributed by atoms with Crippen LogP contribution in [0.25, 0.3) is 16.9 Å². The highest BCUT2D eigenvalue weighted by Crippen LogP contribution is 2.25. The Kier molecular flexibility index (Phi) is 6.82. The zero-order valence-corrected chi connectivity index (χ0v) is 20.8. The summed E-state index contributed by atoms with van der Waals surface area (Å²) in [5.41, 5.74) is -0.518. The van der Waals surface area contributed by atoms with E-state index in [9.17, 15) is 23.1 Å². The molecular formula is C22H25ClN6O5S. The van der Waals surface area contributed by atoms with E-state index in [0.717, 1.165) is 10.9 Å². The number of rotatable bonds is 6. The van der Waals surface area contributed by atoms with E-state index in [2.05, 4.69) is 15.5 Å². The number of aryl methyl sites for hydroxylation is 1. The van der Waals surface area contributed by atoms with Crippen molar-refractivity contribution in [3.8, 4) is 16.9 Å². The standard InChI is InChI=1S/C22H25ClN6O5S/c1-27-13-17(12-24-27)29-21(32)18(11-19(26-29)15-3-5-16(23)6-4-15)20(31)25-22(14-30)7-9-28(10-8-22)35(2,33)34/h3-6,11-13,30H,7-10,14H2,1-2H3,(H,25,31). The van der Waals surface area contributed by atoms with Gasteiger partial charge in [0, 0.05) is 30.7 Å². The van der Waals surface area contributed by atoms with Crippen LogP contribution in [0.2, 0.25) is 5.02 Å². The molecule has 1 saturated heterocycles. The second-order valence-electron chi connectivity index (χ2n) is 8.59. The first-order chi connectivity index (χ1) is 16.5. The summed E-state index contributed by atoms with van der Waals surface area (Å²) < 4.78 is 27.6. The number of benzene rings is 1. The Morgan fingerprint density at radius 1 is 1.23 bits per heavy atom. The average Bonchev–Trinajstić information content (AvgIpc) is 3.25. The number of nitrogens with one attached hydrogen (secondary N) is 1. The Labute approximate surface area is 207 Å². The molecule has 0 bridgehead atoms. The fraction of sp³-hybridized carbons (Fsp3) is 0.364. The molecule has 13 heteroatoms. The third kappa shape index (κ3) is 5.30. The molecule has 0 atom stereocenters. The monoisotopic (exact) mass is 520 g/mol. The smallest absolute Gasteiger partial charge is 0.284 e. The Bertz CT molecular complexity index is 1410. The van der Waals surface area contributed by atoms with Crippen molar-refractivity contribution in [2.24, 2.45) is 7.05 Å². The number of hydrogen-bond donors (Lipinski definition) is 2. The van der Waals surface area contributed by atoms with E-state index in [1.165, 1.54) is 21.3 Å². The fourth-order valence-electron chi connectivity index (χ4n) is 3.99. The maximum Gasteiger partial charge on any atom is 0.284 e. The van der Waals surface area contributed by atoms with E-state index in [1.807, 2.05) is 0 Å². The lowest BCUT2D eigenvalue weighted by molar-refractivity contribution is 0.0720. The largest absolute Gasteiger partial charge is 0.394 e. The molecule has 2 N–H and O–H groups in total. The number of halogens is 1. The number of hydrogen-bond acceptors (Lipinski definition) is 7. The molecule has 4 rings (SSSR count). The Hall–Kier alpha value is -3.06. The summed E-state index contributed by atoms with van der Waals surface area (Å²) in [6.07, 6.45) is 4.58. The summed E-state index contributed by atoms with van der Waals surface area (Å²) >= 11 is 6.00. The van der Waals surface area contributed by atoms with E-state index >= 15 is 0 Å². The SMILES string of the molecule is Cn1cc(-n2nc(-c3ccc(Cl)cc3)cc(C(=O)NC3(CO)CCN(S(C)(=O)=O)CC3)c2=O)cn1. The lowest BCUT2D eigenvalue weighted by Gasteiger charge is -2.40. The third-order valence-electron chi connectivity index (χ3n) is 6.06. The van der Waals surface area contributed by atoms with Gasteiger partial charge in [-0.1, -0.05) is 23.7 Å². The summed E-state index contributed by atoms with van der Waals surface area (Å²) in [5, 5.41) is 21.9. The van der Waals surface area contributed by atoms with Crippen molar-refractivity contribution >= 4 is 27.5 Å². The van der Waals surface area contributed by atoms with Crippen molar-refractivity contribution in [3.05, 3.63) is 63.7 Å². The molecule has 1 aliphatic heterocycles. The van der Waals surface area contributed by atoms with Gasteiger partial charge < -0.3 is 10.4 Å². The number of aromatic nitrogens is 4. The molecule has 0 saturated carbocycles. The second-order valence-corrected chi connectivity index (χ2v) is 11.0. The first-order valence-electron chi connectivity index (χ1n) is 10.8. The Morgan fingerprint density at radius 2 is 1.89 bits per heavy atom. The average molecular weight is 521 g/mol. The Balaban J connectivity index is 1.72. The quantitative estimate of drug-likeness (QED) is 0.490. The molecule has 0 radical (unpaired) electrons. The molecule has 11 nitrogen and oxygen atoms in total. The minimum atomic E-state index is -3.39. The van der Waals surface area contributed by atoms with Gasteiger partial charge in [0.05, 0.1) is 36.5 Å². The molecule has 0 spiro atoms. The number of carbonyl (C=O) groups excluding carboxylic acids is 1. The van der Waals surface area contributed by atoms with Crippen molar-refractivity contribution < 1.29 is 18.3 Å². The summed E-state index contributed by atoms with van der Waals surface area (Å²) in [6.45, 7) is -0.111. The van der Waals surface area contributed by atoms with Gasteiger partial charge in [-0.25, -0.2) is 12.7 Å². The maximum absolute atomic E-state index is 13.4. The molecule has 0 unspecified atom stereocenters. The molecule has 0 aliphatic carbocycles. The van der Waals surface area contributed by atoms with Gasteiger partial charge in [0.2, 0.25) is 10.0 Å². The number of nitrogens with zero attached hydrogens (tertiary/aromatic N) is 5. The number of piperidine rings is 1. The maximum atomic E-state index is 13.4. The van der Waals surface area contributed by atoms with Crippen LogP contribution < -0.4 is 10.9 Å². The number of carbonyl (C=O) groups is 1. The van der Waals surface area contributed by atoms with E-state index in [4.69, 9.17) is 11.6 Å². The minimum Gasteiger partial charge on any atom is -0.394 e. The minimum absolute atomic E-state index is 0.145. The normalized spacial score (nSPS) is 16.2. The van der Waals surface area contributed by atoms with Crippen LogP contribution in [0.4, 0.5) is 0 Å². The molecule has 1 amide bonds. The van der Waals surface area contributed by atoms with Gasteiger partial charge in [0.15, 0.2) is 0 Å². The molecule has 2 aromatic heterocycles. The number of sulfonamides is 1. The van der Waals surface area contributed by atoms with Crippen molar-refractivity contribution in [2.45, 2.75) is 18.4 Å².